The Morgan fingerprint density at radius 2 is 0.505 bits per heavy atom. The molecule has 0 saturated carbocycles. The van der Waals surface area contributed by atoms with E-state index in [1.54, 1.807) is 0 Å². The number of carbonyl (C=O) groups is 4. The van der Waals surface area contributed by atoms with Crippen molar-refractivity contribution in [3.8, 4) is 0 Å². The quantitative estimate of drug-likeness (QED) is 0.0222. The second-order valence-corrected chi connectivity index (χ2v) is 33.6. The van der Waals surface area contributed by atoms with Crippen LogP contribution in [0.1, 0.15) is 427 Å². The number of unbranched alkanes of at least 4 members (excludes halogenated alkanes) is 47. The molecule has 0 saturated heterocycles. The van der Waals surface area contributed by atoms with Gasteiger partial charge in [0.1, 0.15) is 19.3 Å². The first-order valence-corrected chi connectivity index (χ1v) is 45.4. The number of ether oxygens (including phenoxy) is 4. The largest absolute Gasteiger partial charge is 0.472 e. The van der Waals surface area contributed by atoms with E-state index in [0.717, 1.165) is 114 Å². The molecule has 0 bridgehead atoms. The number of phosphoric ester groups is 2. The summed E-state index contributed by atoms with van der Waals surface area (Å²) in [6, 6.07) is 0. The van der Waals surface area contributed by atoms with E-state index in [1.807, 2.05) is 0 Å². The number of rotatable bonds is 80. The standard InChI is InChI=1S/C82H160O17P2/c1-8-10-11-12-13-14-15-16-21-25-32-37-42-51-58-66-82(87)99-78(70-93-80(85)64-57-50-45-44-48-55-62-75(7)9-2)72-97-101(90,91)95-68-76(83)67-94-100(88,89)96-71-77(69-92-79(84)63-56-49-41-36-31-28-27-30-35-40-47-54-61-74(5)6)98-81(86)65-59-52-43-38-33-26-23-20-18-17-19-22-24-29-34-39-46-53-60-73(3)4/h73-78,83H,8-72H2,1-7H3,(H,88,89)(H,90,91)/t75?,76-,77-,78-/m1/s1. The first-order chi connectivity index (χ1) is 48.8. The summed E-state index contributed by atoms with van der Waals surface area (Å²) in [4.78, 5) is 73.1. The third-order valence-corrected chi connectivity index (χ3v) is 21.4. The molecule has 0 aromatic heterocycles. The Morgan fingerprint density at radius 3 is 0.752 bits per heavy atom. The summed E-state index contributed by atoms with van der Waals surface area (Å²) in [6.45, 7) is 12.0. The fraction of sp³-hybridized carbons (Fsp3) is 0.951. The van der Waals surface area contributed by atoms with Gasteiger partial charge in [0.15, 0.2) is 12.2 Å². The van der Waals surface area contributed by atoms with E-state index < -0.39 is 97.5 Å². The number of hydrogen-bond acceptors (Lipinski definition) is 15. The van der Waals surface area contributed by atoms with Gasteiger partial charge in [0.2, 0.25) is 0 Å². The van der Waals surface area contributed by atoms with Crippen LogP contribution in [0.2, 0.25) is 0 Å². The Labute approximate surface area is 619 Å². The molecule has 0 rings (SSSR count). The van der Waals surface area contributed by atoms with Gasteiger partial charge in [0, 0.05) is 25.7 Å². The van der Waals surface area contributed by atoms with Crippen LogP contribution in [0, 0.1) is 17.8 Å². The Morgan fingerprint density at radius 1 is 0.287 bits per heavy atom. The summed E-state index contributed by atoms with van der Waals surface area (Å²) in [5.74, 6) is 0.223. The molecule has 0 heterocycles. The number of carbonyl (C=O) groups excluding carboxylic acids is 4. The maximum atomic E-state index is 13.1. The van der Waals surface area contributed by atoms with Gasteiger partial charge in [-0.25, -0.2) is 9.13 Å². The van der Waals surface area contributed by atoms with E-state index in [2.05, 4.69) is 48.5 Å². The first-order valence-electron chi connectivity index (χ1n) is 42.4. The molecule has 0 aromatic rings. The average Bonchev–Trinajstić information content (AvgIpc) is 0.921. The van der Waals surface area contributed by atoms with Crippen LogP contribution in [0.15, 0.2) is 0 Å². The lowest BCUT2D eigenvalue weighted by atomic mass is 10.00. The Balaban J connectivity index is 5.23. The fourth-order valence-corrected chi connectivity index (χ4v) is 14.2. The van der Waals surface area contributed by atoms with Crippen molar-refractivity contribution in [3.05, 3.63) is 0 Å². The number of hydrogen-bond donors (Lipinski definition) is 3. The summed E-state index contributed by atoms with van der Waals surface area (Å²) in [5, 5.41) is 10.6. The van der Waals surface area contributed by atoms with Crippen molar-refractivity contribution in [2.45, 2.75) is 446 Å². The lowest BCUT2D eigenvalue weighted by molar-refractivity contribution is -0.161. The molecule has 0 radical (unpaired) electrons. The molecule has 6 atom stereocenters. The SMILES string of the molecule is CCCCCCCCCCCCCCCCCC(=O)O[C@H](COC(=O)CCCCCCCCC(C)CC)COP(=O)(O)OC[C@H](O)COP(=O)(O)OC[C@@H](COC(=O)CCCCCCCCCCCCCCC(C)C)OC(=O)CCCCCCCCCCCCCCCCCCCCC(C)C. The van der Waals surface area contributed by atoms with Gasteiger partial charge in [0.25, 0.3) is 0 Å². The zero-order valence-electron chi connectivity index (χ0n) is 66.4. The smallest absolute Gasteiger partial charge is 0.462 e. The third-order valence-electron chi connectivity index (χ3n) is 19.5. The van der Waals surface area contributed by atoms with E-state index in [9.17, 15) is 43.2 Å². The lowest BCUT2D eigenvalue weighted by Gasteiger charge is -2.21. The van der Waals surface area contributed by atoms with Gasteiger partial charge in [-0.1, -0.05) is 376 Å². The van der Waals surface area contributed by atoms with Gasteiger partial charge in [0.05, 0.1) is 26.4 Å². The van der Waals surface area contributed by atoms with Crippen molar-refractivity contribution in [3.63, 3.8) is 0 Å². The second kappa shape index (κ2) is 72.3. The lowest BCUT2D eigenvalue weighted by Crippen LogP contribution is -2.30. The average molecular weight is 1480 g/mol. The molecule has 101 heavy (non-hydrogen) atoms. The molecule has 0 aromatic carbocycles. The molecular formula is C82H160O17P2. The Kier molecular flexibility index (Phi) is 70.9. The molecule has 0 spiro atoms. The molecule has 0 amide bonds. The van der Waals surface area contributed by atoms with Crippen LogP contribution in [-0.4, -0.2) is 96.7 Å². The van der Waals surface area contributed by atoms with Gasteiger partial charge in [-0.15, -0.1) is 0 Å². The maximum absolute atomic E-state index is 13.1. The topological polar surface area (TPSA) is 237 Å². The molecule has 19 heteroatoms. The molecule has 0 aliphatic rings. The highest BCUT2D eigenvalue weighted by Crippen LogP contribution is 2.45. The molecular weight excluding hydrogens is 1320 g/mol. The molecule has 0 aliphatic heterocycles. The predicted octanol–water partition coefficient (Wildman–Crippen LogP) is 24.5. The monoisotopic (exact) mass is 1480 g/mol. The van der Waals surface area contributed by atoms with Crippen molar-refractivity contribution < 1.29 is 80.2 Å². The summed E-state index contributed by atoms with van der Waals surface area (Å²) < 4.78 is 68.7. The minimum atomic E-state index is -4.96. The number of esters is 4. The van der Waals surface area contributed by atoms with Crippen molar-refractivity contribution >= 4 is 39.5 Å². The highest BCUT2D eigenvalue weighted by molar-refractivity contribution is 7.47. The minimum absolute atomic E-state index is 0.107. The van der Waals surface area contributed by atoms with Crippen LogP contribution < -0.4 is 0 Å². The minimum Gasteiger partial charge on any atom is -0.462 e. The number of aliphatic hydroxyl groups excluding tert-OH is 1. The summed E-state index contributed by atoms with van der Waals surface area (Å²) in [6.07, 6.45) is 61.1. The van der Waals surface area contributed by atoms with E-state index in [1.165, 1.54) is 231 Å². The highest BCUT2D eigenvalue weighted by Gasteiger charge is 2.30. The zero-order valence-corrected chi connectivity index (χ0v) is 68.2. The van der Waals surface area contributed by atoms with Gasteiger partial charge in [-0.2, -0.15) is 0 Å². The first kappa shape index (κ1) is 99.1. The van der Waals surface area contributed by atoms with Gasteiger partial charge >= 0.3 is 39.5 Å². The van der Waals surface area contributed by atoms with Crippen molar-refractivity contribution in [1.29, 1.82) is 0 Å². The summed E-state index contributed by atoms with van der Waals surface area (Å²) in [5.41, 5.74) is 0. The van der Waals surface area contributed by atoms with E-state index >= 15 is 0 Å². The van der Waals surface area contributed by atoms with Crippen molar-refractivity contribution in [2.24, 2.45) is 17.8 Å². The Bertz CT molecular complexity index is 1960. The third kappa shape index (κ3) is 74.7. The molecule has 3 N–H and O–H groups in total. The Hall–Kier alpha value is -1.94. The van der Waals surface area contributed by atoms with Crippen LogP contribution in [0.3, 0.4) is 0 Å². The normalized spacial score (nSPS) is 14.2. The van der Waals surface area contributed by atoms with Crippen LogP contribution in [-0.2, 0) is 65.4 Å². The van der Waals surface area contributed by atoms with Gasteiger partial charge in [-0.05, 0) is 43.4 Å². The van der Waals surface area contributed by atoms with Crippen LogP contribution in [0.25, 0.3) is 0 Å². The summed E-state index contributed by atoms with van der Waals surface area (Å²) in [7, 11) is -9.92. The predicted molar refractivity (Wildman–Crippen MR) is 414 cm³/mol. The van der Waals surface area contributed by atoms with Crippen LogP contribution in [0.4, 0.5) is 0 Å². The zero-order chi connectivity index (χ0) is 74.4. The van der Waals surface area contributed by atoms with Gasteiger partial charge < -0.3 is 33.8 Å². The molecule has 0 fully saturated rings. The second-order valence-electron chi connectivity index (χ2n) is 30.7. The van der Waals surface area contributed by atoms with Crippen molar-refractivity contribution in [2.75, 3.05) is 39.6 Å². The number of phosphoric acid groups is 2. The van der Waals surface area contributed by atoms with Gasteiger partial charge in [-0.3, -0.25) is 37.3 Å². The molecule has 600 valence electrons. The van der Waals surface area contributed by atoms with E-state index in [-0.39, 0.29) is 25.7 Å². The van der Waals surface area contributed by atoms with Crippen molar-refractivity contribution in [1.82, 2.24) is 0 Å². The highest BCUT2D eigenvalue weighted by atomic mass is 31.2. The molecule has 0 aliphatic carbocycles. The van der Waals surface area contributed by atoms with E-state index in [4.69, 9.17) is 37.0 Å². The maximum Gasteiger partial charge on any atom is 0.472 e. The van der Waals surface area contributed by atoms with Crippen LogP contribution in [0.5, 0.6) is 0 Å². The molecule has 3 unspecified atom stereocenters. The summed E-state index contributed by atoms with van der Waals surface area (Å²) >= 11 is 0. The fourth-order valence-electron chi connectivity index (χ4n) is 12.6. The van der Waals surface area contributed by atoms with E-state index in [0.29, 0.717) is 25.7 Å². The molecule has 17 nitrogen and oxygen atoms in total. The number of aliphatic hydroxyl groups is 1. The van der Waals surface area contributed by atoms with Crippen LogP contribution >= 0.6 is 15.6 Å².